The van der Waals surface area contributed by atoms with Crippen LogP contribution in [0.2, 0.25) is 0 Å². The average Bonchev–Trinajstić information content (AvgIpc) is 3.10. The van der Waals surface area contributed by atoms with Crippen molar-refractivity contribution in [1.82, 2.24) is 10.2 Å². The molecule has 4 rings (SSSR count). The lowest BCUT2D eigenvalue weighted by atomic mass is 10.2. The van der Waals surface area contributed by atoms with Crippen molar-refractivity contribution in [2.75, 3.05) is 11.9 Å². The van der Waals surface area contributed by atoms with Crippen molar-refractivity contribution in [3.8, 4) is 23.0 Å². The van der Waals surface area contributed by atoms with Crippen LogP contribution in [-0.2, 0) is 4.79 Å². The van der Waals surface area contributed by atoms with E-state index in [1.54, 1.807) is 18.2 Å². The fourth-order valence-corrected chi connectivity index (χ4v) is 2.32. The fourth-order valence-electron chi connectivity index (χ4n) is 2.32. The van der Waals surface area contributed by atoms with E-state index in [4.69, 9.17) is 13.9 Å². The monoisotopic (exact) mass is 341 g/mol. The van der Waals surface area contributed by atoms with Crippen LogP contribution >= 0.6 is 0 Å². The van der Waals surface area contributed by atoms with Gasteiger partial charge in [0.25, 0.3) is 5.91 Å². The highest BCUT2D eigenvalue weighted by Crippen LogP contribution is 2.31. The van der Waals surface area contributed by atoms with Crippen LogP contribution in [0.5, 0.6) is 11.5 Å². The predicted octanol–water partition coefficient (Wildman–Crippen LogP) is 2.65. The van der Waals surface area contributed by atoms with Gasteiger partial charge in [0.15, 0.2) is 11.5 Å². The zero-order chi connectivity index (χ0) is 17.2. The summed E-state index contributed by atoms with van der Waals surface area (Å²) in [6.45, 7) is 0.0712. The molecule has 0 saturated heterocycles. The van der Waals surface area contributed by atoms with E-state index < -0.39 is 12.0 Å². The largest absolute Gasteiger partial charge is 0.485 e. The quantitative estimate of drug-likeness (QED) is 0.788. The molecule has 1 aliphatic rings. The second-order valence-corrected chi connectivity index (χ2v) is 5.27. The number of fused-ring (bicyclic) bond motifs is 1. The van der Waals surface area contributed by atoms with Gasteiger partial charge in [-0.1, -0.05) is 17.2 Å². The third-order valence-corrected chi connectivity index (χ3v) is 3.55. The van der Waals surface area contributed by atoms with Gasteiger partial charge < -0.3 is 13.9 Å². The Balaban J connectivity index is 1.44. The summed E-state index contributed by atoms with van der Waals surface area (Å²) < 4.78 is 29.4. The van der Waals surface area contributed by atoms with Gasteiger partial charge in [0, 0.05) is 5.56 Å². The number of hydrogen-bond donors (Lipinski definition) is 1. The Bertz CT molecular complexity index is 910. The molecule has 0 fully saturated rings. The van der Waals surface area contributed by atoms with Crippen molar-refractivity contribution in [2.24, 2.45) is 0 Å². The number of aromatic nitrogens is 2. The number of nitrogens with zero attached hydrogens (tertiary/aromatic N) is 2. The van der Waals surface area contributed by atoms with Crippen molar-refractivity contribution in [3.63, 3.8) is 0 Å². The summed E-state index contributed by atoms with van der Waals surface area (Å²) >= 11 is 0. The lowest BCUT2D eigenvalue weighted by Gasteiger charge is -2.24. The number of para-hydroxylation sites is 2. The summed E-state index contributed by atoms with van der Waals surface area (Å²) in [6.07, 6.45) is -0.837. The molecule has 1 atom stereocenters. The molecular weight excluding hydrogens is 329 g/mol. The summed E-state index contributed by atoms with van der Waals surface area (Å²) in [4.78, 5) is 12.3. The van der Waals surface area contributed by atoms with Crippen molar-refractivity contribution in [3.05, 3.63) is 54.3 Å². The predicted molar refractivity (Wildman–Crippen MR) is 84.7 cm³/mol. The summed E-state index contributed by atoms with van der Waals surface area (Å²) in [5, 5.41) is 10.1. The third-order valence-electron chi connectivity index (χ3n) is 3.55. The van der Waals surface area contributed by atoms with Crippen LogP contribution in [0.4, 0.5) is 10.4 Å². The van der Waals surface area contributed by atoms with Crippen molar-refractivity contribution in [2.45, 2.75) is 6.10 Å². The van der Waals surface area contributed by atoms with Gasteiger partial charge >= 0.3 is 6.01 Å². The van der Waals surface area contributed by atoms with E-state index in [1.807, 2.05) is 6.07 Å². The van der Waals surface area contributed by atoms with Gasteiger partial charge in [-0.05, 0) is 36.4 Å². The molecule has 8 heteroatoms. The van der Waals surface area contributed by atoms with Gasteiger partial charge in [0.2, 0.25) is 12.0 Å². The number of ether oxygens (including phenoxy) is 2. The molecule has 1 aliphatic heterocycles. The van der Waals surface area contributed by atoms with Crippen LogP contribution in [0.3, 0.4) is 0 Å². The van der Waals surface area contributed by atoms with E-state index in [2.05, 4.69) is 15.5 Å². The Morgan fingerprint density at radius 1 is 1.08 bits per heavy atom. The highest BCUT2D eigenvalue weighted by Gasteiger charge is 2.28. The zero-order valence-electron chi connectivity index (χ0n) is 12.8. The number of hydrogen-bond acceptors (Lipinski definition) is 6. The number of anilines is 1. The number of amides is 1. The molecule has 0 bridgehead atoms. The Kier molecular flexibility index (Phi) is 3.77. The summed E-state index contributed by atoms with van der Waals surface area (Å²) in [7, 11) is 0. The van der Waals surface area contributed by atoms with Gasteiger partial charge in [-0.25, -0.2) is 4.39 Å². The van der Waals surface area contributed by atoms with Crippen molar-refractivity contribution < 1.29 is 23.1 Å². The molecule has 2 aromatic carbocycles. The Labute approximate surface area is 141 Å². The molecule has 3 aromatic rings. The minimum Gasteiger partial charge on any atom is -0.485 e. The molecule has 0 aliphatic carbocycles. The Hall–Kier alpha value is -3.42. The average molecular weight is 341 g/mol. The van der Waals surface area contributed by atoms with Crippen LogP contribution in [0.1, 0.15) is 0 Å². The maximum atomic E-state index is 12.9. The fraction of sp³-hybridized carbons (Fsp3) is 0.118. The van der Waals surface area contributed by atoms with Crippen LogP contribution < -0.4 is 14.8 Å². The minimum atomic E-state index is -0.837. The minimum absolute atomic E-state index is 0.0712. The van der Waals surface area contributed by atoms with Gasteiger partial charge in [-0.15, -0.1) is 5.10 Å². The number of benzene rings is 2. The van der Waals surface area contributed by atoms with E-state index in [0.717, 1.165) is 0 Å². The van der Waals surface area contributed by atoms with Crippen LogP contribution in [0.15, 0.2) is 52.9 Å². The molecule has 126 valence electrons. The number of carbonyl (C=O) groups is 1. The molecule has 0 saturated carbocycles. The molecule has 1 N–H and O–H groups in total. The van der Waals surface area contributed by atoms with Gasteiger partial charge in [0.05, 0.1) is 0 Å². The molecule has 2 heterocycles. The maximum Gasteiger partial charge on any atom is 0.322 e. The molecule has 1 amide bonds. The molecule has 0 spiro atoms. The summed E-state index contributed by atoms with van der Waals surface area (Å²) in [5.41, 5.74) is 0.542. The molecule has 1 aromatic heterocycles. The molecular formula is C17H12FN3O4. The van der Waals surface area contributed by atoms with E-state index in [-0.39, 0.29) is 24.3 Å². The number of nitrogens with one attached hydrogen (secondary N) is 1. The standard InChI is InChI=1S/C17H12FN3O4/c18-11-7-5-10(6-8-11)16-20-21-17(25-16)19-15(22)14-9-23-12-3-1-2-4-13(12)24-14/h1-8,14H,9H2,(H,19,21,22). The smallest absolute Gasteiger partial charge is 0.322 e. The van der Waals surface area contributed by atoms with Crippen LogP contribution in [0.25, 0.3) is 11.5 Å². The summed E-state index contributed by atoms with van der Waals surface area (Å²) in [5.74, 6) is 0.408. The molecule has 7 nitrogen and oxygen atoms in total. The highest BCUT2D eigenvalue weighted by atomic mass is 19.1. The first-order chi connectivity index (χ1) is 12.2. The number of rotatable bonds is 3. The molecule has 1 unspecified atom stereocenters. The van der Waals surface area contributed by atoms with Crippen LogP contribution in [-0.4, -0.2) is 28.8 Å². The lowest BCUT2D eigenvalue weighted by molar-refractivity contribution is -0.125. The van der Waals surface area contributed by atoms with Gasteiger partial charge in [0.1, 0.15) is 12.4 Å². The normalized spacial score (nSPS) is 15.6. The lowest BCUT2D eigenvalue weighted by Crippen LogP contribution is -2.40. The van der Waals surface area contributed by atoms with Crippen molar-refractivity contribution in [1.29, 1.82) is 0 Å². The van der Waals surface area contributed by atoms with E-state index >= 15 is 0 Å². The molecule has 25 heavy (non-hydrogen) atoms. The Morgan fingerprint density at radius 3 is 2.64 bits per heavy atom. The Morgan fingerprint density at radius 2 is 1.84 bits per heavy atom. The van der Waals surface area contributed by atoms with Gasteiger partial charge in [-0.2, -0.15) is 0 Å². The maximum absolute atomic E-state index is 12.9. The highest BCUT2D eigenvalue weighted by molar-refractivity contribution is 5.93. The first-order valence-corrected chi connectivity index (χ1v) is 7.48. The van der Waals surface area contributed by atoms with Crippen LogP contribution in [0, 0.1) is 5.82 Å². The number of carbonyl (C=O) groups excluding carboxylic acids is 1. The van der Waals surface area contributed by atoms with Crippen molar-refractivity contribution >= 4 is 11.9 Å². The zero-order valence-corrected chi connectivity index (χ0v) is 12.8. The van der Waals surface area contributed by atoms with E-state index in [9.17, 15) is 9.18 Å². The second-order valence-electron chi connectivity index (χ2n) is 5.27. The molecule has 0 radical (unpaired) electrons. The second kappa shape index (κ2) is 6.23. The first-order valence-electron chi connectivity index (χ1n) is 7.48. The SMILES string of the molecule is O=C(Nc1nnc(-c2ccc(F)cc2)o1)C1COc2ccccc2O1. The van der Waals surface area contributed by atoms with E-state index in [0.29, 0.717) is 17.1 Å². The topological polar surface area (TPSA) is 86.5 Å². The van der Waals surface area contributed by atoms with E-state index in [1.165, 1.54) is 24.3 Å². The van der Waals surface area contributed by atoms with Gasteiger partial charge in [-0.3, -0.25) is 10.1 Å². The third kappa shape index (κ3) is 3.14. The first kappa shape index (κ1) is 15.1. The summed E-state index contributed by atoms with van der Waals surface area (Å²) in [6, 6.07) is 12.6. The number of halogens is 1.